The molecule has 7 nitrogen and oxygen atoms in total. The summed E-state index contributed by atoms with van der Waals surface area (Å²) in [5, 5.41) is 2.79. The van der Waals surface area contributed by atoms with Gasteiger partial charge in [0.15, 0.2) is 6.10 Å². The summed E-state index contributed by atoms with van der Waals surface area (Å²) in [6.07, 6.45) is 2.21. The Kier molecular flexibility index (Phi) is 5.53. The molecule has 1 unspecified atom stereocenters. The molecule has 0 bridgehead atoms. The summed E-state index contributed by atoms with van der Waals surface area (Å²) in [7, 11) is 1.28. The van der Waals surface area contributed by atoms with Gasteiger partial charge in [-0.3, -0.25) is 4.79 Å². The highest BCUT2D eigenvalue weighted by Crippen LogP contribution is 2.25. The number of esters is 2. The Labute approximate surface area is 163 Å². The summed E-state index contributed by atoms with van der Waals surface area (Å²) in [5.74, 6) is -1.65. The number of fused-ring (bicyclic) bond motifs is 1. The lowest BCUT2D eigenvalue weighted by Gasteiger charge is -2.14. The van der Waals surface area contributed by atoms with Gasteiger partial charge in [-0.15, -0.1) is 0 Å². The molecule has 7 heteroatoms. The van der Waals surface area contributed by atoms with Gasteiger partial charge in [-0.2, -0.15) is 0 Å². The van der Waals surface area contributed by atoms with E-state index in [1.807, 2.05) is 18.2 Å². The summed E-state index contributed by atoms with van der Waals surface area (Å²) in [6, 6.07) is 5.85. The third kappa shape index (κ3) is 3.78. The Bertz CT molecular complexity index is 945. The number of hydrogen-bond donors (Lipinski definition) is 2. The Morgan fingerprint density at radius 3 is 2.54 bits per heavy atom. The average Bonchev–Trinajstić information content (AvgIpc) is 3.24. The van der Waals surface area contributed by atoms with Crippen molar-refractivity contribution in [2.75, 3.05) is 12.4 Å². The standard InChI is InChI=1S/C21H24N2O5/c1-11-17(20(25)27-4)12(2)22-18(11)21(26)28-13(3)19(24)23-16-9-8-14-6-5-7-15(14)10-16/h8-10,13,22H,5-7H2,1-4H3,(H,23,24). The molecule has 0 saturated carbocycles. The monoisotopic (exact) mass is 384 g/mol. The van der Waals surface area contributed by atoms with Crippen molar-refractivity contribution in [2.24, 2.45) is 0 Å². The van der Waals surface area contributed by atoms with E-state index in [2.05, 4.69) is 10.3 Å². The minimum atomic E-state index is -0.995. The molecule has 1 aromatic heterocycles. The molecular weight excluding hydrogens is 360 g/mol. The maximum atomic E-state index is 12.5. The van der Waals surface area contributed by atoms with E-state index in [4.69, 9.17) is 9.47 Å². The molecule has 1 atom stereocenters. The maximum absolute atomic E-state index is 12.5. The molecule has 2 aromatic rings. The molecule has 28 heavy (non-hydrogen) atoms. The van der Waals surface area contributed by atoms with Gasteiger partial charge in [0.2, 0.25) is 0 Å². The predicted octanol–water partition coefficient (Wildman–Crippen LogP) is 3.09. The molecule has 1 aliphatic rings. The molecule has 0 fully saturated rings. The van der Waals surface area contributed by atoms with Gasteiger partial charge in [0.1, 0.15) is 5.69 Å². The van der Waals surface area contributed by atoms with Crippen molar-refractivity contribution >= 4 is 23.5 Å². The van der Waals surface area contributed by atoms with Crippen LogP contribution >= 0.6 is 0 Å². The number of hydrogen-bond acceptors (Lipinski definition) is 5. The molecule has 1 aliphatic carbocycles. The molecule has 0 spiro atoms. The Hall–Kier alpha value is -3.09. The second-order valence-corrected chi connectivity index (χ2v) is 6.99. The van der Waals surface area contributed by atoms with Crippen LogP contribution in [0, 0.1) is 13.8 Å². The van der Waals surface area contributed by atoms with Crippen LogP contribution in [-0.4, -0.2) is 36.0 Å². The normalized spacial score (nSPS) is 13.6. The number of carbonyl (C=O) groups is 3. The van der Waals surface area contributed by atoms with Crippen molar-refractivity contribution in [3.63, 3.8) is 0 Å². The summed E-state index contributed by atoms with van der Waals surface area (Å²) in [5.41, 5.74) is 4.62. The largest absolute Gasteiger partial charge is 0.465 e. The highest BCUT2D eigenvalue weighted by molar-refractivity contribution is 6.00. The second-order valence-electron chi connectivity index (χ2n) is 6.99. The van der Waals surface area contributed by atoms with Gasteiger partial charge in [-0.05, 0) is 68.9 Å². The van der Waals surface area contributed by atoms with E-state index in [9.17, 15) is 14.4 Å². The van der Waals surface area contributed by atoms with Crippen molar-refractivity contribution < 1.29 is 23.9 Å². The second kappa shape index (κ2) is 7.88. The first kappa shape index (κ1) is 19.7. The molecule has 1 amide bonds. The topological polar surface area (TPSA) is 97.5 Å². The maximum Gasteiger partial charge on any atom is 0.355 e. The van der Waals surface area contributed by atoms with Crippen molar-refractivity contribution in [3.8, 4) is 0 Å². The lowest BCUT2D eigenvalue weighted by atomic mass is 10.1. The first-order valence-corrected chi connectivity index (χ1v) is 9.23. The third-order valence-corrected chi connectivity index (χ3v) is 5.05. The first-order valence-electron chi connectivity index (χ1n) is 9.23. The van der Waals surface area contributed by atoms with E-state index in [0.29, 0.717) is 22.5 Å². The fourth-order valence-electron chi connectivity index (χ4n) is 3.53. The molecule has 0 aliphatic heterocycles. The predicted molar refractivity (Wildman–Crippen MR) is 104 cm³/mol. The fraction of sp³-hybridized carbons (Fsp3) is 0.381. The number of anilines is 1. The summed E-state index contributed by atoms with van der Waals surface area (Å²) < 4.78 is 10.0. The van der Waals surface area contributed by atoms with Crippen molar-refractivity contribution in [1.29, 1.82) is 0 Å². The van der Waals surface area contributed by atoms with Crippen LogP contribution < -0.4 is 5.32 Å². The summed E-state index contributed by atoms with van der Waals surface area (Å²) in [4.78, 5) is 39.6. The number of ether oxygens (including phenoxy) is 2. The molecule has 148 valence electrons. The van der Waals surface area contributed by atoms with Gasteiger partial charge in [-0.25, -0.2) is 9.59 Å². The van der Waals surface area contributed by atoms with Crippen molar-refractivity contribution in [3.05, 3.63) is 51.8 Å². The number of aromatic nitrogens is 1. The quantitative estimate of drug-likeness (QED) is 0.772. The van der Waals surface area contributed by atoms with E-state index in [-0.39, 0.29) is 5.69 Å². The number of H-pyrrole nitrogens is 1. The number of methoxy groups -OCH3 is 1. The van der Waals surface area contributed by atoms with E-state index in [1.165, 1.54) is 25.2 Å². The number of aromatic amines is 1. The molecule has 1 aromatic carbocycles. The highest BCUT2D eigenvalue weighted by Gasteiger charge is 2.26. The summed E-state index contributed by atoms with van der Waals surface area (Å²) >= 11 is 0. The van der Waals surface area contributed by atoms with Crippen LogP contribution in [0.4, 0.5) is 5.69 Å². The van der Waals surface area contributed by atoms with E-state index in [1.54, 1.807) is 13.8 Å². The zero-order valence-electron chi connectivity index (χ0n) is 16.5. The van der Waals surface area contributed by atoms with Gasteiger partial charge in [0, 0.05) is 11.4 Å². The lowest BCUT2D eigenvalue weighted by molar-refractivity contribution is -0.123. The number of benzene rings is 1. The zero-order valence-corrected chi connectivity index (χ0v) is 16.5. The van der Waals surface area contributed by atoms with Gasteiger partial charge >= 0.3 is 11.9 Å². The lowest BCUT2D eigenvalue weighted by Crippen LogP contribution is -2.30. The third-order valence-electron chi connectivity index (χ3n) is 5.05. The Balaban J connectivity index is 1.67. The zero-order chi connectivity index (χ0) is 20.4. The van der Waals surface area contributed by atoms with Crippen LogP contribution in [0.1, 0.15) is 56.6 Å². The van der Waals surface area contributed by atoms with Crippen molar-refractivity contribution in [1.82, 2.24) is 4.98 Å². The molecule has 1 heterocycles. The first-order chi connectivity index (χ1) is 13.3. The Morgan fingerprint density at radius 1 is 1.11 bits per heavy atom. The average molecular weight is 384 g/mol. The van der Waals surface area contributed by atoms with Gasteiger partial charge in [0.05, 0.1) is 12.7 Å². The number of nitrogens with one attached hydrogen (secondary N) is 2. The van der Waals surface area contributed by atoms with Gasteiger partial charge in [0.25, 0.3) is 5.91 Å². The van der Waals surface area contributed by atoms with E-state index in [0.717, 1.165) is 19.3 Å². The number of aryl methyl sites for hydroxylation is 3. The fourth-order valence-corrected chi connectivity index (χ4v) is 3.53. The minimum absolute atomic E-state index is 0.134. The number of amides is 1. The minimum Gasteiger partial charge on any atom is -0.465 e. The van der Waals surface area contributed by atoms with Crippen molar-refractivity contribution in [2.45, 2.75) is 46.1 Å². The van der Waals surface area contributed by atoms with Crippen LogP contribution in [-0.2, 0) is 27.1 Å². The van der Waals surface area contributed by atoms with Gasteiger partial charge in [-0.1, -0.05) is 6.07 Å². The van der Waals surface area contributed by atoms with Crippen LogP contribution in [0.3, 0.4) is 0 Å². The number of carbonyl (C=O) groups excluding carboxylic acids is 3. The molecular formula is C21H24N2O5. The van der Waals surface area contributed by atoms with Gasteiger partial charge < -0.3 is 19.8 Å². The SMILES string of the molecule is COC(=O)c1c(C)[nH]c(C(=O)OC(C)C(=O)Nc2ccc3c(c2)CCC3)c1C. The molecule has 0 saturated heterocycles. The summed E-state index contributed by atoms with van der Waals surface area (Å²) in [6.45, 7) is 4.80. The Morgan fingerprint density at radius 2 is 1.82 bits per heavy atom. The van der Waals surface area contributed by atoms with E-state index < -0.39 is 23.9 Å². The molecule has 0 radical (unpaired) electrons. The number of rotatable bonds is 5. The molecule has 2 N–H and O–H groups in total. The highest BCUT2D eigenvalue weighted by atomic mass is 16.5. The van der Waals surface area contributed by atoms with Crippen LogP contribution in [0.5, 0.6) is 0 Å². The van der Waals surface area contributed by atoms with Crippen LogP contribution in [0.2, 0.25) is 0 Å². The van der Waals surface area contributed by atoms with Crippen LogP contribution in [0.15, 0.2) is 18.2 Å². The smallest absolute Gasteiger partial charge is 0.355 e. The van der Waals surface area contributed by atoms with Crippen LogP contribution in [0.25, 0.3) is 0 Å². The molecule has 3 rings (SSSR count). The van der Waals surface area contributed by atoms with E-state index >= 15 is 0 Å².